The molecule has 0 fully saturated rings. The van der Waals surface area contributed by atoms with Crippen LogP contribution in [0.4, 0.5) is 8.78 Å². The van der Waals surface area contributed by atoms with Crippen LogP contribution in [0.2, 0.25) is 0 Å². The second-order valence-corrected chi connectivity index (χ2v) is 13.0. The predicted molar refractivity (Wildman–Crippen MR) is 194 cm³/mol. The molecular formula is C42H45BF2O4. The van der Waals surface area contributed by atoms with Gasteiger partial charge in [-0.3, -0.25) is 0 Å². The molecule has 0 aromatic heterocycles. The zero-order valence-electron chi connectivity index (χ0n) is 28.7. The first-order valence-electron chi connectivity index (χ1n) is 17.2. The molecule has 2 N–H and O–H groups in total. The highest BCUT2D eigenvalue weighted by molar-refractivity contribution is 6.62. The van der Waals surface area contributed by atoms with Gasteiger partial charge in [0.1, 0.15) is 34.6 Å². The number of halogens is 2. The lowest BCUT2D eigenvalue weighted by Gasteiger charge is -2.22. The fourth-order valence-corrected chi connectivity index (χ4v) is 6.54. The Balaban J connectivity index is 1.29. The van der Waals surface area contributed by atoms with Crippen LogP contribution in [0.5, 0.6) is 23.0 Å². The van der Waals surface area contributed by atoms with E-state index >= 15 is 4.39 Å². The number of benzene rings is 5. The monoisotopic (exact) mass is 662 g/mol. The van der Waals surface area contributed by atoms with E-state index < -0.39 is 18.8 Å². The lowest BCUT2D eigenvalue weighted by atomic mass is 9.78. The Bertz CT molecular complexity index is 1760. The van der Waals surface area contributed by atoms with E-state index in [0.29, 0.717) is 29.3 Å². The highest BCUT2D eigenvalue weighted by atomic mass is 19.1. The Kier molecular flexibility index (Phi) is 12.0. The highest BCUT2D eigenvalue weighted by Gasteiger charge is 2.31. The van der Waals surface area contributed by atoms with Crippen LogP contribution >= 0.6 is 0 Å². The summed E-state index contributed by atoms with van der Waals surface area (Å²) in [5.41, 5.74) is 4.80. The Morgan fingerprint density at radius 1 is 0.551 bits per heavy atom. The Morgan fingerprint density at radius 3 is 1.35 bits per heavy atom. The molecule has 5 aromatic carbocycles. The second kappa shape index (κ2) is 16.6. The molecule has 5 aromatic rings. The molecule has 0 saturated carbocycles. The Morgan fingerprint density at radius 2 is 0.939 bits per heavy atom. The predicted octanol–water partition coefficient (Wildman–Crippen LogP) is 10.6. The van der Waals surface area contributed by atoms with Crippen molar-refractivity contribution in [3.63, 3.8) is 0 Å². The molecule has 0 amide bonds. The molecule has 0 spiro atoms. The zero-order valence-corrected chi connectivity index (χ0v) is 28.7. The fraction of sp³-hybridized carbons (Fsp3) is 0.286. The van der Waals surface area contributed by atoms with Crippen molar-refractivity contribution in [2.45, 2.75) is 77.0 Å². The van der Waals surface area contributed by atoms with E-state index in [1.165, 1.54) is 28.8 Å². The largest absolute Gasteiger partial charge is 0.635 e. The van der Waals surface area contributed by atoms with Crippen molar-refractivity contribution in [2.24, 2.45) is 0 Å². The molecule has 0 aliphatic heterocycles. The summed E-state index contributed by atoms with van der Waals surface area (Å²) in [5, 5.41) is 19.3. The first-order chi connectivity index (χ1) is 23.6. The minimum Gasteiger partial charge on any atom is -0.522 e. The maximum absolute atomic E-state index is 15.1. The number of hydrogen-bond donors (Lipinski definition) is 2. The Labute approximate surface area is 289 Å². The van der Waals surface area contributed by atoms with E-state index in [9.17, 15) is 14.6 Å². The molecule has 4 unspecified atom stereocenters. The minimum atomic E-state index is -1.15. The third-order valence-electron chi connectivity index (χ3n) is 9.59. The smallest absolute Gasteiger partial charge is 0.522 e. The van der Waals surface area contributed by atoms with Gasteiger partial charge in [-0.1, -0.05) is 82.3 Å². The van der Waals surface area contributed by atoms with Crippen molar-refractivity contribution >= 4 is 12.6 Å². The van der Waals surface area contributed by atoms with Gasteiger partial charge in [0, 0.05) is 11.5 Å². The first-order valence-corrected chi connectivity index (χ1v) is 17.2. The maximum Gasteiger partial charge on any atom is 0.635 e. The first kappa shape index (κ1) is 35.5. The molecule has 0 heterocycles. The molecule has 4 nitrogen and oxygen atoms in total. The van der Waals surface area contributed by atoms with Gasteiger partial charge in [-0.05, 0) is 126 Å². The van der Waals surface area contributed by atoms with E-state index in [4.69, 9.17) is 9.31 Å². The average molecular weight is 663 g/mol. The van der Waals surface area contributed by atoms with Crippen molar-refractivity contribution in [1.29, 1.82) is 0 Å². The standard InChI is InChI=1S/C42H45BF2O4/c1-5-30(34-9-18-38(47)19-10-34)26-29(4)33-11-20-39(21-12-33)48-43(41-24-15-36(44)27-42(41)45)49-40-22-13-35(14-23-40)31(6-2)25-28(3)32-7-16-37(46)17-8-32/h7-24,27-31,46-47H,5-6,25-26H2,1-4H3. The number of phenols is 2. The summed E-state index contributed by atoms with van der Waals surface area (Å²) < 4.78 is 41.4. The van der Waals surface area contributed by atoms with Crippen molar-refractivity contribution in [1.82, 2.24) is 0 Å². The molecular weight excluding hydrogens is 617 g/mol. The van der Waals surface area contributed by atoms with Crippen LogP contribution in [0.1, 0.15) is 99.3 Å². The summed E-state index contributed by atoms with van der Waals surface area (Å²) >= 11 is 0. The molecule has 0 aliphatic rings. The van der Waals surface area contributed by atoms with Crippen LogP contribution < -0.4 is 14.8 Å². The zero-order chi connectivity index (χ0) is 34.9. The van der Waals surface area contributed by atoms with Gasteiger partial charge in [0.25, 0.3) is 0 Å². The van der Waals surface area contributed by atoms with Gasteiger partial charge in [-0.15, -0.1) is 0 Å². The summed E-state index contributed by atoms with van der Waals surface area (Å²) in [4.78, 5) is 0. The third-order valence-corrected chi connectivity index (χ3v) is 9.59. The van der Waals surface area contributed by atoms with Gasteiger partial charge in [0.15, 0.2) is 0 Å². The van der Waals surface area contributed by atoms with Gasteiger partial charge >= 0.3 is 7.12 Å². The quantitative estimate of drug-likeness (QED) is 0.110. The molecule has 4 atom stereocenters. The van der Waals surface area contributed by atoms with Gasteiger partial charge in [0.2, 0.25) is 0 Å². The molecule has 5 rings (SSSR count). The number of phenolic OH excluding ortho intramolecular Hbond substituents is 2. The molecule has 0 saturated heterocycles. The van der Waals surface area contributed by atoms with Crippen molar-refractivity contribution in [3.8, 4) is 23.0 Å². The van der Waals surface area contributed by atoms with E-state index in [0.717, 1.165) is 37.3 Å². The average Bonchev–Trinajstić information content (AvgIpc) is 3.10. The molecule has 0 radical (unpaired) electrons. The maximum atomic E-state index is 15.1. The minimum absolute atomic E-state index is 0.0942. The summed E-state index contributed by atoms with van der Waals surface area (Å²) in [5.74, 6) is 1.35. The van der Waals surface area contributed by atoms with Crippen molar-refractivity contribution in [3.05, 3.63) is 149 Å². The summed E-state index contributed by atoms with van der Waals surface area (Å²) in [6.07, 6.45) is 3.83. The van der Waals surface area contributed by atoms with Crippen molar-refractivity contribution in [2.75, 3.05) is 0 Å². The van der Waals surface area contributed by atoms with E-state index in [1.54, 1.807) is 24.3 Å². The third kappa shape index (κ3) is 9.44. The van der Waals surface area contributed by atoms with Crippen LogP contribution in [0, 0.1) is 11.6 Å². The van der Waals surface area contributed by atoms with Crippen molar-refractivity contribution < 1.29 is 28.3 Å². The topological polar surface area (TPSA) is 58.9 Å². The molecule has 0 aliphatic carbocycles. The van der Waals surface area contributed by atoms with Crippen LogP contribution in [0.15, 0.2) is 115 Å². The van der Waals surface area contributed by atoms with Gasteiger partial charge in [-0.25, -0.2) is 8.78 Å². The number of hydrogen-bond acceptors (Lipinski definition) is 4. The SMILES string of the molecule is CCC(CC(C)c1ccc(OB(Oc2ccc(C(CC)CC(C)c3ccc(O)cc3)cc2)c2ccc(F)cc2F)cc1)c1ccc(O)cc1. The summed E-state index contributed by atoms with van der Waals surface area (Å²) in [6.45, 7) is 8.73. The van der Waals surface area contributed by atoms with E-state index in [2.05, 4.69) is 27.7 Å². The number of aromatic hydroxyl groups is 2. The second-order valence-electron chi connectivity index (χ2n) is 13.0. The van der Waals surface area contributed by atoms with Gasteiger partial charge < -0.3 is 19.5 Å². The van der Waals surface area contributed by atoms with E-state index in [1.807, 2.05) is 72.8 Å². The molecule has 0 bridgehead atoms. The lowest BCUT2D eigenvalue weighted by molar-refractivity contribution is 0.435. The molecule has 49 heavy (non-hydrogen) atoms. The highest BCUT2D eigenvalue weighted by Crippen LogP contribution is 2.35. The molecule has 254 valence electrons. The van der Waals surface area contributed by atoms with E-state index in [-0.39, 0.29) is 22.9 Å². The summed E-state index contributed by atoms with van der Waals surface area (Å²) in [7, 11) is -1.15. The van der Waals surface area contributed by atoms with Gasteiger partial charge in [-0.2, -0.15) is 0 Å². The molecule has 7 heteroatoms. The number of rotatable bonds is 15. The van der Waals surface area contributed by atoms with Crippen LogP contribution in [0.3, 0.4) is 0 Å². The van der Waals surface area contributed by atoms with Crippen LogP contribution in [-0.2, 0) is 0 Å². The fourth-order valence-electron chi connectivity index (χ4n) is 6.54. The summed E-state index contributed by atoms with van der Waals surface area (Å²) in [6, 6.07) is 33.7. The van der Waals surface area contributed by atoms with Gasteiger partial charge in [0.05, 0.1) is 0 Å². The van der Waals surface area contributed by atoms with Crippen LogP contribution in [0.25, 0.3) is 0 Å². The van der Waals surface area contributed by atoms with Crippen LogP contribution in [-0.4, -0.2) is 17.3 Å². The lowest BCUT2D eigenvalue weighted by Crippen LogP contribution is -2.44. The Hall–Kier alpha value is -4.78. The normalized spacial score (nSPS) is 13.7.